The molecule has 108 valence electrons. The Labute approximate surface area is 115 Å². The fraction of sp³-hybridized carbons (Fsp3) is 0.600. The van der Waals surface area contributed by atoms with Gasteiger partial charge in [0.15, 0.2) is 0 Å². The summed E-state index contributed by atoms with van der Waals surface area (Å²) in [5.41, 5.74) is 0.267. The van der Waals surface area contributed by atoms with Gasteiger partial charge in [-0.05, 0) is 12.8 Å². The van der Waals surface area contributed by atoms with Gasteiger partial charge >= 0.3 is 11.9 Å². The highest BCUT2D eigenvalue weighted by molar-refractivity contribution is 5.87. The predicted molar refractivity (Wildman–Crippen MR) is 74.2 cm³/mol. The lowest BCUT2D eigenvalue weighted by Gasteiger charge is -2.37. The van der Waals surface area contributed by atoms with Crippen molar-refractivity contribution in [2.45, 2.75) is 46.8 Å². The minimum atomic E-state index is -1.28. The smallest absolute Gasteiger partial charge is 0.336 e. The zero-order valence-electron chi connectivity index (χ0n) is 12.5. The molecule has 0 saturated heterocycles. The van der Waals surface area contributed by atoms with Gasteiger partial charge in [-0.3, -0.25) is 0 Å². The van der Waals surface area contributed by atoms with Crippen molar-refractivity contribution in [2.75, 3.05) is 0 Å². The number of carbonyl (C=O) groups is 2. The molecule has 0 aliphatic heterocycles. The van der Waals surface area contributed by atoms with E-state index in [-0.39, 0.29) is 17.4 Å². The first kappa shape index (κ1) is 17.4. The maximum absolute atomic E-state index is 11.8. The molecule has 0 aliphatic rings. The Kier molecular flexibility index (Phi) is 6.53. The lowest BCUT2D eigenvalue weighted by atomic mass is 9.92. The van der Waals surface area contributed by atoms with E-state index >= 15 is 0 Å². The summed E-state index contributed by atoms with van der Waals surface area (Å²) >= 11 is 0. The lowest BCUT2D eigenvalue weighted by molar-refractivity contribution is -0.244. The molecule has 19 heavy (non-hydrogen) atoms. The zero-order valence-corrected chi connectivity index (χ0v) is 12.5. The molecular weight excluding hydrogens is 244 g/mol. The second-order valence-electron chi connectivity index (χ2n) is 5.36. The number of hydrogen-bond acceptors (Lipinski definition) is 4. The summed E-state index contributed by atoms with van der Waals surface area (Å²) in [6.07, 6.45) is 1.48. The van der Waals surface area contributed by atoms with Gasteiger partial charge in [0, 0.05) is 24.0 Å². The molecule has 1 unspecified atom stereocenters. The van der Waals surface area contributed by atoms with Crippen LogP contribution in [0.2, 0.25) is 0 Å². The van der Waals surface area contributed by atoms with Crippen LogP contribution in [0, 0.1) is 11.8 Å². The van der Waals surface area contributed by atoms with E-state index in [2.05, 4.69) is 13.2 Å². The van der Waals surface area contributed by atoms with Crippen LogP contribution in [0.3, 0.4) is 0 Å². The van der Waals surface area contributed by atoms with Crippen LogP contribution in [0.1, 0.15) is 41.0 Å². The second kappa shape index (κ2) is 7.12. The fourth-order valence-corrected chi connectivity index (χ4v) is 1.60. The van der Waals surface area contributed by atoms with Crippen LogP contribution < -0.4 is 0 Å². The second-order valence-corrected chi connectivity index (χ2v) is 5.36. The Balaban J connectivity index is 5.35. The van der Waals surface area contributed by atoms with Gasteiger partial charge in [-0.2, -0.15) is 0 Å². The molecule has 0 aliphatic carbocycles. The Morgan fingerprint density at radius 1 is 1.21 bits per heavy atom. The quantitative estimate of drug-likeness (QED) is 0.404. The maximum Gasteiger partial charge on any atom is 0.336 e. The van der Waals surface area contributed by atoms with E-state index in [1.165, 1.54) is 0 Å². The van der Waals surface area contributed by atoms with E-state index in [4.69, 9.17) is 9.47 Å². The molecule has 4 heteroatoms. The molecule has 0 N–H and O–H groups in total. The van der Waals surface area contributed by atoms with E-state index in [0.717, 1.165) is 6.08 Å². The molecule has 0 amide bonds. The van der Waals surface area contributed by atoms with Crippen LogP contribution in [0.4, 0.5) is 0 Å². The third-order valence-electron chi connectivity index (χ3n) is 2.63. The number of ether oxygens (including phenoxy) is 2. The van der Waals surface area contributed by atoms with E-state index in [1.807, 2.05) is 27.7 Å². The summed E-state index contributed by atoms with van der Waals surface area (Å²) < 4.78 is 10.8. The summed E-state index contributed by atoms with van der Waals surface area (Å²) in [4.78, 5) is 23.3. The number of rotatable bonds is 7. The van der Waals surface area contributed by atoms with E-state index < -0.39 is 17.7 Å². The molecule has 0 aromatic carbocycles. The minimum absolute atomic E-state index is 0.179. The predicted octanol–water partition coefficient (Wildman–Crippen LogP) is 3.23. The third kappa shape index (κ3) is 5.28. The molecule has 0 rings (SSSR count). The highest BCUT2D eigenvalue weighted by Gasteiger charge is 2.42. The monoisotopic (exact) mass is 268 g/mol. The molecule has 1 atom stereocenters. The van der Waals surface area contributed by atoms with Crippen molar-refractivity contribution in [3.8, 4) is 0 Å². The van der Waals surface area contributed by atoms with Gasteiger partial charge in [-0.15, -0.1) is 0 Å². The number of carbonyl (C=O) groups excluding carboxylic acids is 2. The first-order chi connectivity index (χ1) is 8.64. The summed E-state index contributed by atoms with van der Waals surface area (Å²) in [5, 5.41) is 0. The molecule has 4 nitrogen and oxygen atoms in total. The molecule has 0 saturated carbocycles. The van der Waals surface area contributed by atoms with Crippen LogP contribution in [0.5, 0.6) is 0 Å². The summed E-state index contributed by atoms with van der Waals surface area (Å²) in [5.74, 6) is -2.44. The SMILES string of the molecule is C=CC(=O)OC(CC(C)C)(OC(=O)C(=C)C)C(C)C. The molecule has 0 aromatic rings. The van der Waals surface area contributed by atoms with Gasteiger partial charge in [-0.25, -0.2) is 9.59 Å². The highest BCUT2D eigenvalue weighted by atomic mass is 16.7. The van der Waals surface area contributed by atoms with Crippen molar-refractivity contribution in [1.82, 2.24) is 0 Å². The minimum Gasteiger partial charge on any atom is -0.419 e. The standard InChI is InChI=1S/C15H24O4/c1-8-13(16)18-15(12(6)7,9-10(2)3)19-14(17)11(4)5/h8,10,12H,1,4,9H2,2-3,5-7H3. The van der Waals surface area contributed by atoms with E-state index in [9.17, 15) is 9.59 Å². The lowest BCUT2D eigenvalue weighted by Crippen LogP contribution is -2.45. The summed E-state index contributed by atoms with van der Waals surface area (Å²) in [6, 6.07) is 0. The summed E-state index contributed by atoms with van der Waals surface area (Å²) in [6.45, 7) is 16.1. The topological polar surface area (TPSA) is 52.6 Å². The van der Waals surface area contributed by atoms with E-state index in [1.54, 1.807) is 6.92 Å². The Bertz CT molecular complexity index is 368. The molecule has 0 radical (unpaired) electrons. The Hall–Kier alpha value is -1.58. The van der Waals surface area contributed by atoms with Gasteiger partial charge < -0.3 is 9.47 Å². The fourth-order valence-electron chi connectivity index (χ4n) is 1.60. The molecule has 0 spiro atoms. The number of esters is 2. The van der Waals surface area contributed by atoms with Crippen LogP contribution in [0.25, 0.3) is 0 Å². The van der Waals surface area contributed by atoms with Crippen molar-refractivity contribution < 1.29 is 19.1 Å². The normalized spacial score (nSPS) is 13.8. The van der Waals surface area contributed by atoms with Gasteiger partial charge in [0.05, 0.1) is 0 Å². The van der Waals surface area contributed by atoms with Crippen molar-refractivity contribution in [3.63, 3.8) is 0 Å². The Morgan fingerprint density at radius 3 is 2.05 bits per heavy atom. The molecule has 0 bridgehead atoms. The number of hydrogen-bond donors (Lipinski definition) is 0. The largest absolute Gasteiger partial charge is 0.419 e. The first-order valence-corrected chi connectivity index (χ1v) is 6.39. The van der Waals surface area contributed by atoms with Crippen molar-refractivity contribution >= 4 is 11.9 Å². The van der Waals surface area contributed by atoms with Gasteiger partial charge in [-0.1, -0.05) is 40.9 Å². The first-order valence-electron chi connectivity index (χ1n) is 6.39. The molecule has 0 heterocycles. The van der Waals surface area contributed by atoms with Gasteiger partial charge in [0.1, 0.15) is 0 Å². The van der Waals surface area contributed by atoms with E-state index in [0.29, 0.717) is 6.42 Å². The molecule has 0 aromatic heterocycles. The van der Waals surface area contributed by atoms with Gasteiger partial charge in [0.25, 0.3) is 5.79 Å². The van der Waals surface area contributed by atoms with Crippen LogP contribution in [-0.2, 0) is 19.1 Å². The summed E-state index contributed by atoms with van der Waals surface area (Å²) in [7, 11) is 0. The highest BCUT2D eigenvalue weighted by Crippen LogP contribution is 2.32. The third-order valence-corrected chi connectivity index (χ3v) is 2.63. The Morgan fingerprint density at radius 2 is 1.74 bits per heavy atom. The van der Waals surface area contributed by atoms with Crippen LogP contribution in [-0.4, -0.2) is 17.7 Å². The van der Waals surface area contributed by atoms with Crippen LogP contribution in [0.15, 0.2) is 24.8 Å². The average molecular weight is 268 g/mol. The van der Waals surface area contributed by atoms with Crippen molar-refractivity contribution in [1.29, 1.82) is 0 Å². The average Bonchev–Trinajstić information content (AvgIpc) is 2.27. The van der Waals surface area contributed by atoms with Crippen LogP contribution >= 0.6 is 0 Å². The van der Waals surface area contributed by atoms with Crippen molar-refractivity contribution in [3.05, 3.63) is 24.8 Å². The van der Waals surface area contributed by atoms with Crippen molar-refractivity contribution in [2.24, 2.45) is 11.8 Å². The van der Waals surface area contributed by atoms with Gasteiger partial charge in [0.2, 0.25) is 0 Å². The molecule has 0 fully saturated rings. The molecular formula is C15H24O4. The maximum atomic E-state index is 11.8. The zero-order chi connectivity index (χ0) is 15.2.